The van der Waals surface area contributed by atoms with E-state index in [2.05, 4.69) is 16.7 Å². The molecule has 1 unspecified atom stereocenters. The Kier molecular flexibility index (Phi) is 5.81. The summed E-state index contributed by atoms with van der Waals surface area (Å²) in [6.45, 7) is 2.04. The van der Waals surface area contributed by atoms with E-state index in [9.17, 15) is 10.1 Å². The first-order valence-corrected chi connectivity index (χ1v) is 7.87. The van der Waals surface area contributed by atoms with Crippen molar-refractivity contribution in [3.8, 4) is 6.07 Å². The Morgan fingerprint density at radius 2 is 2.00 bits per heavy atom. The first-order valence-electron chi connectivity index (χ1n) is 7.87. The third-order valence-electron chi connectivity index (χ3n) is 4.66. The molecule has 2 fully saturated rings. The lowest BCUT2D eigenvalue weighted by atomic mass is 9.84. The molecular weight excluding hydrogens is 252 g/mol. The van der Waals surface area contributed by atoms with Gasteiger partial charge in [-0.1, -0.05) is 12.8 Å². The molecule has 1 heterocycles. The van der Waals surface area contributed by atoms with Crippen LogP contribution in [-0.2, 0) is 4.79 Å². The summed E-state index contributed by atoms with van der Waals surface area (Å²) in [5.41, 5.74) is 6.03. The molecule has 0 bridgehead atoms. The van der Waals surface area contributed by atoms with Gasteiger partial charge < -0.3 is 16.4 Å². The van der Waals surface area contributed by atoms with Gasteiger partial charge in [-0.05, 0) is 51.1 Å². The Balaban J connectivity index is 1.82. The lowest BCUT2D eigenvalue weighted by Gasteiger charge is -2.29. The van der Waals surface area contributed by atoms with Gasteiger partial charge in [-0.3, -0.25) is 4.79 Å². The van der Waals surface area contributed by atoms with Crippen LogP contribution in [0, 0.1) is 23.2 Å². The smallest absolute Gasteiger partial charge is 0.225 e. The predicted octanol–water partition coefficient (Wildman–Crippen LogP) is 0.902. The quantitative estimate of drug-likeness (QED) is 0.712. The number of nitriles is 1. The largest absolute Gasteiger partial charge is 0.340 e. The predicted molar refractivity (Wildman–Crippen MR) is 77.7 cm³/mol. The van der Waals surface area contributed by atoms with Crippen LogP contribution in [-0.4, -0.2) is 31.1 Å². The van der Waals surface area contributed by atoms with Gasteiger partial charge in [-0.2, -0.15) is 5.26 Å². The molecule has 0 spiro atoms. The summed E-state index contributed by atoms with van der Waals surface area (Å²) in [6, 6.07) is 1.84. The highest BCUT2D eigenvalue weighted by atomic mass is 16.2. The van der Waals surface area contributed by atoms with Crippen molar-refractivity contribution in [3.05, 3.63) is 0 Å². The van der Waals surface area contributed by atoms with E-state index in [0.29, 0.717) is 5.92 Å². The van der Waals surface area contributed by atoms with Crippen molar-refractivity contribution in [1.29, 1.82) is 5.26 Å². The molecule has 20 heavy (non-hydrogen) atoms. The average Bonchev–Trinajstić information content (AvgIpc) is 2.48. The summed E-state index contributed by atoms with van der Waals surface area (Å²) in [6.07, 6.45) is 6.92. The number of piperidine rings is 1. The zero-order valence-electron chi connectivity index (χ0n) is 12.1. The maximum absolute atomic E-state index is 12.3. The number of nitrogens with zero attached hydrogens (tertiary/aromatic N) is 1. The van der Waals surface area contributed by atoms with Crippen molar-refractivity contribution in [1.82, 2.24) is 10.6 Å². The number of nitrogens with two attached hydrogens (primary N) is 1. The Bertz CT molecular complexity index is 359. The molecule has 3 atom stereocenters. The van der Waals surface area contributed by atoms with Crippen LogP contribution in [0.25, 0.3) is 0 Å². The second-order valence-corrected chi connectivity index (χ2v) is 6.17. The van der Waals surface area contributed by atoms with Gasteiger partial charge in [0.1, 0.15) is 6.04 Å². The minimum atomic E-state index is -0.361. The van der Waals surface area contributed by atoms with Crippen LogP contribution in [0.1, 0.15) is 44.9 Å². The Morgan fingerprint density at radius 3 is 2.65 bits per heavy atom. The summed E-state index contributed by atoms with van der Waals surface area (Å²) in [5.74, 6) is 0.423. The number of hydrogen-bond acceptors (Lipinski definition) is 4. The SMILES string of the molecule is N#CC(CC1CCNCC1)NC(=O)[C@@H]1CCCC[C@@H]1N. The summed E-state index contributed by atoms with van der Waals surface area (Å²) < 4.78 is 0. The van der Waals surface area contributed by atoms with Gasteiger partial charge in [0.25, 0.3) is 0 Å². The standard InChI is InChI=1S/C15H26N4O/c16-10-12(9-11-5-7-18-8-6-11)19-15(20)13-3-1-2-4-14(13)17/h11-14,18H,1-9,17H2,(H,19,20)/t12?,13-,14+/m1/s1. The van der Waals surface area contributed by atoms with Gasteiger partial charge in [0, 0.05) is 6.04 Å². The monoisotopic (exact) mass is 278 g/mol. The van der Waals surface area contributed by atoms with Crippen molar-refractivity contribution in [2.45, 2.75) is 57.0 Å². The van der Waals surface area contributed by atoms with E-state index < -0.39 is 0 Å². The highest BCUT2D eigenvalue weighted by Crippen LogP contribution is 2.24. The van der Waals surface area contributed by atoms with E-state index in [0.717, 1.165) is 58.0 Å². The van der Waals surface area contributed by atoms with E-state index >= 15 is 0 Å². The topological polar surface area (TPSA) is 90.9 Å². The zero-order valence-corrected chi connectivity index (χ0v) is 12.1. The zero-order chi connectivity index (χ0) is 14.4. The van der Waals surface area contributed by atoms with Gasteiger partial charge in [0.15, 0.2) is 0 Å². The Morgan fingerprint density at radius 1 is 1.30 bits per heavy atom. The molecule has 1 saturated heterocycles. The molecule has 0 aromatic heterocycles. The van der Waals surface area contributed by atoms with Crippen molar-refractivity contribution < 1.29 is 4.79 Å². The number of nitrogens with one attached hydrogen (secondary N) is 2. The summed E-state index contributed by atoms with van der Waals surface area (Å²) in [4.78, 5) is 12.3. The molecule has 112 valence electrons. The molecule has 1 saturated carbocycles. The van der Waals surface area contributed by atoms with E-state index in [-0.39, 0.29) is 23.9 Å². The molecule has 0 aromatic carbocycles. The van der Waals surface area contributed by atoms with Gasteiger partial charge in [0.05, 0.1) is 12.0 Å². The Labute approximate surface area is 121 Å². The van der Waals surface area contributed by atoms with Gasteiger partial charge in [-0.15, -0.1) is 0 Å². The molecule has 2 rings (SSSR count). The second-order valence-electron chi connectivity index (χ2n) is 6.17. The van der Waals surface area contributed by atoms with E-state index in [1.54, 1.807) is 0 Å². The number of hydrogen-bond donors (Lipinski definition) is 3. The molecular formula is C15H26N4O. The van der Waals surface area contributed by atoms with Crippen LogP contribution in [0.15, 0.2) is 0 Å². The van der Waals surface area contributed by atoms with E-state index in [1.807, 2.05) is 0 Å². The minimum absolute atomic E-state index is 0.0160. The number of amides is 1. The van der Waals surface area contributed by atoms with E-state index in [1.165, 1.54) is 0 Å². The molecule has 1 aliphatic carbocycles. The molecule has 5 nitrogen and oxygen atoms in total. The number of carbonyl (C=O) groups is 1. The normalized spacial score (nSPS) is 29.4. The summed E-state index contributed by atoms with van der Waals surface area (Å²) in [7, 11) is 0. The van der Waals surface area contributed by atoms with Gasteiger partial charge in [-0.25, -0.2) is 0 Å². The molecule has 0 radical (unpaired) electrons. The molecule has 2 aliphatic rings. The molecule has 1 aliphatic heterocycles. The van der Waals surface area contributed by atoms with E-state index in [4.69, 9.17) is 5.73 Å². The van der Waals surface area contributed by atoms with Crippen LogP contribution in [0.2, 0.25) is 0 Å². The maximum Gasteiger partial charge on any atom is 0.225 e. The Hall–Kier alpha value is -1.12. The van der Waals surface area contributed by atoms with Gasteiger partial charge in [0.2, 0.25) is 5.91 Å². The fraction of sp³-hybridized carbons (Fsp3) is 0.867. The third-order valence-corrected chi connectivity index (χ3v) is 4.66. The molecule has 5 heteroatoms. The minimum Gasteiger partial charge on any atom is -0.340 e. The lowest BCUT2D eigenvalue weighted by Crippen LogP contribution is -2.47. The average molecular weight is 278 g/mol. The van der Waals surface area contributed by atoms with Crippen LogP contribution < -0.4 is 16.4 Å². The van der Waals surface area contributed by atoms with Gasteiger partial charge >= 0.3 is 0 Å². The summed E-state index contributed by atoms with van der Waals surface area (Å²) >= 11 is 0. The van der Waals surface area contributed by atoms with Crippen LogP contribution >= 0.6 is 0 Å². The summed E-state index contributed by atoms with van der Waals surface area (Å²) in [5, 5.41) is 15.5. The fourth-order valence-electron chi connectivity index (χ4n) is 3.36. The molecule has 0 aromatic rings. The van der Waals surface area contributed by atoms with Crippen molar-refractivity contribution >= 4 is 5.91 Å². The highest BCUT2D eigenvalue weighted by Gasteiger charge is 2.30. The van der Waals surface area contributed by atoms with Crippen LogP contribution in [0.5, 0.6) is 0 Å². The fourth-order valence-corrected chi connectivity index (χ4v) is 3.36. The van der Waals surface area contributed by atoms with Crippen LogP contribution in [0.3, 0.4) is 0 Å². The molecule has 1 amide bonds. The molecule has 4 N–H and O–H groups in total. The van der Waals surface area contributed by atoms with Crippen LogP contribution in [0.4, 0.5) is 0 Å². The van der Waals surface area contributed by atoms with Crippen molar-refractivity contribution in [2.75, 3.05) is 13.1 Å². The highest BCUT2D eigenvalue weighted by molar-refractivity contribution is 5.80. The lowest BCUT2D eigenvalue weighted by molar-refractivity contribution is -0.126. The first-order chi connectivity index (χ1) is 9.70. The van der Waals surface area contributed by atoms with Crippen molar-refractivity contribution in [2.24, 2.45) is 17.6 Å². The first kappa shape index (κ1) is 15.3. The number of carbonyl (C=O) groups excluding carboxylic acids is 1. The maximum atomic E-state index is 12.3. The van der Waals surface area contributed by atoms with Crippen molar-refractivity contribution in [3.63, 3.8) is 0 Å². The second kappa shape index (κ2) is 7.61. The number of rotatable bonds is 4. The third kappa shape index (κ3) is 4.19.